The van der Waals surface area contributed by atoms with Crippen LogP contribution in [0.4, 0.5) is 13.6 Å². The molecule has 0 aromatic heterocycles. The van der Waals surface area contributed by atoms with Gasteiger partial charge >= 0.3 is 6.16 Å². The van der Waals surface area contributed by atoms with Crippen LogP contribution in [-0.4, -0.2) is 33.0 Å². The third-order valence-corrected chi connectivity index (χ3v) is 3.47. The fraction of sp³-hybridized carbons (Fsp3) is 0.300. The van der Waals surface area contributed by atoms with E-state index in [2.05, 4.69) is 13.7 Å². The Morgan fingerprint density at radius 3 is 2.47 bits per heavy atom. The van der Waals surface area contributed by atoms with Crippen LogP contribution in [0.5, 0.6) is 5.75 Å². The number of hydrogen-bond donors (Lipinski definition) is 0. The Labute approximate surface area is 107 Å². The van der Waals surface area contributed by atoms with Crippen molar-refractivity contribution in [3.8, 4) is 5.75 Å². The van der Waals surface area contributed by atoms with Gasteiger partial charge in [0, 0.05) is 0 Å². The predicted molar refractivity (Wildman–Crippen MR) is 57.0 cm³/mol. The van der Waals surface area contributed by atoms with Crippen molar-refractivity contribution in [1.29, 1.82) is 0 Å². The lowest BCUT2D eigenvalue weighted by Gasteiger charge is -2.09. The zero-order chi connectivity index (χ0) is 14.0. The third kappa shape index (κ3) is 3.38. The van der Waals surface area contributed by atoms with Gasteiger partial charge in [-0.05, 0) is 12.1 Å². The van der Waals surface area contributed by atoms with Crippen molar-refractivity contribution in [2.75, 3.05) is 12.4 Å². The lowest BCUT2D eigenvalue weighted by molar-refractivity contribution is 0.0551. The molecule has 0 saturated carbocycles. The van der Waals surface area contributed by atoms with Gasteiger partial charge in [0.25, 0.3) is 10.1 Å². The maximum absolute atomic E-state index is 13.2. The van der Waals surface area contributed by atoms with E-state index in [-0.39, 0.29) is 6.61 Å². The molecule has 1 aromatic carbocycles. The first-order valence-corrected chi connectivity index (χ1v) is 6.65. The highest BCUT2D eigenvalue weighted by molar-refractivity contribution is 7.87. The quantitative estimate of drug-likeness (QED) is 0.463. The average molecular weight is 294 g/mol. The van der Waals surface area contributed by atoms with Gasteiger partial charge in [0.1, 0.15) is 18.5 Å². The molecule has 6 nitrogen and oxygen atoms in total. The Hall–Kier alpha value is -1.74. The first-order chi connectivity index (χ1) is 8.87. The van der Waals surface area contributed by atoms with Crippen molar-refractivity contribution in [3.63, 3.8) is 0 Å². The summed E-state index contributed by atoms with van der Waals surface area (Å²) in [6, 6.07) is 2.89. The van der Waals surface area contributed by atoms with E-state index in [9.17, 15) is 22.0 Å². The fourth-order valence-corrected chi connectivity index (χ4v) is 2.47. The van der Waals surface area contributed by atoms with E-state index in [1.807, 2.05) is 0 Å². The van der Waals surface area contributed by atoms with E-state index in [1.165, 1.54) is 0 Å². The maximum atomic E-state index is 13.2. The molecule has 0 amide bonds. The summed E-state index contributed by atoms with van der Waals surface area (Å²) < 4.78 is 61.4. The second kappa shape index (κ2) is 5.10. The molecule has 1 fully saturated rings. The van der Waals surface area contributed by atoms with E-state index in [4.69, 9.17) is 0 Å². The molecule has 1 atom stereocenters. The molecule has 0 radical (unpaired) electrons. The molecular weight excluding hydrogens is 286 g/mol. The van der Waals surface area contributed by atoms with Crippen molar-refractivity contribution in [3.05, 3.63) is 29.8 Å². The zero-order valence-electron chi connectivity index (χ0n) is 9.34. The summed E-state index contributed by atoms with van der Waals surface area (Å²) >= 11 is 0. The molecule has 0 bridgehead atoms. The van der Waals surface area contributed by atoms with Crippen LogP contribution in [0.15, 0.2) is 18.2 Å². The molecule has 0 spiro atoms. The molecule has 1 unspecified atom stereocenters. The maximum Gasteiger partial charge on any atom is 0.514 e. The van der Waals surface area contributed by atoms with Crippen LogP contribution < -0.4 is 4.74 Å². The molecule has 19 heavy (non-hydrogen) atoms. The highest BCUT2D eigenvalue weighted by Gasteiger charge is 2.32. The van der Waals surface area contributed by atoms with E-state index >= 15 is 0 Å². The minimum atomic E-state index is -3.71. The lowest BCUT2D eigenvalue weighted by atomic mass is 10.3. The Kier molecular flexibility index (Phi) is 3.67. The van der Waals surface area contributed by atoms with Crippen LogP contribution in [-0.2, 0) is 19.0 Å². The van der Waals surface area contributed by atoms with Crippen LogP contribution >= 0.6 is 0 Å². The monoisotopic (exact) mass is 294 g/mol. The summed E-state index contributed by atoms with van der Waals surface area (Å²) in [6.45, 7) is -0.350. The zero-order valence-corrected chi connectivity index (χ0v) is 10.2. The van der Waals surface area contributed by atoms with E-state index in [0.717, 1.165) is 18.2 Å². The molecular formula is C10H8F2O6S. The molecule has 1 heterocycles. The van der Waals surface area contributed by atoms with Gasteiger partial charge in [-0.3, -0.25) is 4.18 Å². The number of carbonyl (C=O) groups is 1. The normalized spacial score (nSPS) is 21.1. The molecule has 2 rings (SSSR count). The fourth-order valence-electron chi connectivity index (χ4n) is 1.39. The Morgan fingerprint density at radius 2 is 1.95 bits per heavy atom. The lowest BCUT2D eigenvalue weighted by Crippen LogP contribution is -2.24. The second-order valence-corrected chi connectivity index (χ2v) is 5.34. The number of rotatable bonds is 2. The van der Waals surface area contributed by atoms with E-state index < -0.39 is 45.5 Å². The largest absolute Gasteiger partial charge is 0.514 e. The first-order valence-electron chi connectivity index (χ1n) is 5.07. The summed E-state index contributed by atoms with van der Waals surface area (Å²) in [5.74, 6) is -3.59. The Bertz CT molecular complexity index is 580. The van der Waals surface area contributed by atoms with Gasteiger partial charge in [-0.25, -0.2) is 13.6 Å². The average Bonchev–Trinajstić information content (AvgIpc) is 2.63. The molecule has 1 aliphatic heterocycles. The molecule has 9 heteroatoms. The first kappa shape index (κ1) is 13.7. The van der Waals surface area contributed by atoms with Crippen LogP contribution in [0.2, 0.25) is 0 Å². The summed E-state index contributed by atoms with van der Waals surface area (Å²) in [6.07, 6.45) is -2.47. The SMILES string of the molecule is O=C(Oc1c(F)cccc1F)OC1COS(=O)(=O)C1. The van der Waals surface area contributed by atoms with E-state index in [1.54, 1.807) is 0 Å². The van der Waals surface area contributed by atoms with Gasteiger partial charge in [-0.15, -0.1) is 0 Å². The summed E-state index contributed by atoms with van der Waals surface area (Å²) in [5.41, 5.74) is 0. The predicted octanol–water partition coefficient (Wildman–Crippen LogP) is 1.21. The van der Waals surface area contributed by atoms with Gasteiger partial charge in [-0.1, -0.05) is 6.07 Å². The van der Waals surface area contributed by atoms with Crippen molar-refractivity contribution in [2.24, 2.45) is 0 Å². The van der Waals surface area contributed by atoms with Gasteiger partial charge < -0.3 is 9.47 Å². The smallest absolute Gasteiger partial charge is 0.427 e. The standard InChI is InChI=1S/C10H8F2O6S/c11-7-2-1-3-8(12)9(7)18-10(13)17-6-4-16-19(14,15)5-6/h1-3,6H,4-5H2. The van der Waals surface area contributed by atoms with Crippen LogP contribution in [0.3, 0.4) is 0 Å². The summed E-state index contributed by atoms with van der Waals surface area (Å²) in [5, 5.41) is 0. The highest BCUT2D eigenvalue weighted by atomic mass is 32.2. The van der Waals surface area contributed by atoms with Crippen LogP contribution in [0, 0.1) is 11.6 Å². The number of ether oxygens (including phenoxy) is 2. The summed E-state index contributed by atoms with van der Waals surface area (Å²) in [7, 11) is -3.71. The highest BCUT2D eigenvalue weighted by Crippen LogP contribution is 2.22. The molecule has 1 saturated heterocycles. The van der Waals surface area contributed by atoms with E-state index in [0.29, 0.717) is 0 Å². The molecule has 104 valence electrons. The number of para-hydroxylation sites is 1. The molecule has 0 aliphatic carbocycles. The Morgan fingerprint density at radius 1 is 1.32 bits per heavy atom. The van der Waals surface area contributed by atoms with Gasteiger partial charge in [0.15, 0.2) is 11.6 Å². The molecule has 1 aliphatic rings. The topological polar surface area (TPSA) is 78.9 Å². The summed E-state index contributed by atoms with van der Waals surface area (Å²) in [4.78, 5) is 11.3. The van der Waals surface area contributed by atoms with Gasteiger partial charge in [0.05, 0.1) is 0 Å². The molecule has 0 N–H and O–H groups in total. The van der Waals surface area contributed by atoms with Crippen LogP contribution in [0.25, 0.3) is 0 Å². The molecule has 1 aromatic rings. The number of halogens is 2. The minimum Gasteiger partial charge on any atom is -0.427 e. The van der Waals surface area contributed by atoms with Crippen molar-refractivity contribution < 1.29 is 35.6 Å². The van der Waals surface area contributed by atoms with Crippen molar-refractivity contribution in [1.82, 2.24) is 0 Å². The second-order valence-electron chi connectivity index (χ2n) is 3.65. The van der Waals surface area contributed by atoms with Crippen LogP contribution in [0.1, 0.15) is 0 Å². The Balaban J connectivity index is 1.99. The van der Waals surface area contributed by atoms with Crippen molar-refractivity contribution in [2.45, 2.75) is 6.10 Å². The number of hydrogen-bond acceptors (Lipinski definition) is 6. The van der Waals surface area contributed by atoms with Gasteiger partial charge in [-0.2, -0.15) is 8.42 Å². The third-order valence-electron chi connectivity index (χ3n) is 2.19. The number of benzene rings is 1. The minimum absolute atomic E-state index is 0.350. The number of carbonyl (C=O) groups excluding carboxylic acids is 1. The van der Waals surface area contributed by atoms with Crippen molar-refractivity contribution >= 4 is 16.3 Å². The van der Waals surface area contributed by atoms with Gasteiger partial charge in [0.2, 0.25) is 5.75 Å².